The smallest absolute Gasteiger partial charge is 0.293 e. The van der Waals surface area contributed by atoms with Crippen LogP contribution in [0.25, 0.3) is 0 Å². The van der Waals surface area contributed by atoms with Gasteiger partial charge in [0.1, 0.15) is 5.69 Å². The molecule has 0 spiro atoms. The van der Waals surface area contributed by atoms with Gasteiger partial charge in [-0.15, -0.1) is 0 Å². The third kappa shape index (κ3) is 5.43. The van der Waals surface area contributed by atoms with Gasteiger partial charge in [0.2, 0.25) is 0 Å². The molecule has 0 saturated heterocycles. The molecule has 6 nitrogen and oxygen atoms in total. The van der Waals surface area contributed by atoms with Gasteiger partial charge in [-0.05, 0) is 28.8 Å². The second kappa shape index (κ2) is 10.2. The monoisotopic (exact) mass is 437 g/mol. The predicted molar refractivity (Wildman–Crippen MR) is 129 cm³/mol. The SMILES string of the molecule is O=C(NC(c1ccccc1)c1ccccc1)c1ccc(NCc2ccccc2)c([N+](=O)[O-])c1. The lowest BCUT2D eigenvalue weighted by atomic mass is 9.98. The molecule has 4 rings (SSSR count). The molecule has 1 amide bonds. The van der Waals surface area contributed by atoms with Crippen LogP contribution in [-0.4, -0.2) is 10.8 Å². The fourth-order valence-electron chi connectivity index (χ4n) is 3.63. The highest BCUT2D eigenvalue weighted by Gasteiger charge is 2.21. The Morgan fingerprint density at radius 2 is 1.33 bits per heavy atom. The van der Waals surface area contributed by atoms with Crippen LogP contribution in [0.3, 0.4) is 0 Å². The maximum Gasteiger partial charge on any atom is 0.293 e. The van der Waals surface area contributed by atoms with Crippen LogP contribution in [0.15, 0.2) is 109 Å². The van der Waals surface area contributed by atoms with Gasteiger partial charge >= 0.3 is 0 Å². The molecule has 33 heavy (non-hydrogen) atoms. The summed E-state index contributed by atoms with van der Waals surface area (Å²) in [6.45, 7) is 0.442. The Morgan fingerprint density at radius 1 is 0.788 bits per heavy atom. The van der Waals surface area contributed by atoms with Crippen LogP contribution in [-0.2, 0) is 6.54 Å². The summed E-state index contributed by atoms with van der Waals surface area (Å²) < 4.78 is 0. The van der Waals surface area contributed by atoms with E-state index in [9.17, 15) is 14.9 Å². The van der Waals surface area contributed by atoms with Crippen molar-refractivity contribution in [2.45, 2.75) is 12.6 Å². The summed E-state index contributed by atoms with van der Waals surface area (Å²) in [4.78, 5) is 24.3. The summed E-state index contributed by atoms with van der Waals surface area (Å²) in [7, 11) is 0. The number of nitrogens with zero attached hydrogens (tertiary/aromatic N) is 1. The van der Waals surface area contributed by atoms with Gasteiger partial charge in [-0.3, -0.25) is 14.9 Å². The van der Waals surface area contributed by atoms with Gasteiger partial charge in [0.25, 0.3) is 11.6 Å². The number of nitro groups is 1. The van der Waals surface area contributed by atoms with Gasteiger partial charge in [-0.2, -0.15) is 0 Å². The Morgan fingerprint density at radius 3 is 1.88 bits per heavy atom. The molecule has 0 aromatic heterocycles. The van der Waals surface area contributed by atoms with E-state index < -0.39 is 4.92 Å². The zero-order valence-corrected chi connectivity index (χ0v) is 17.8. The van der Waals surface area contributed by atoms with Crippen molar-refractivity contribution in [3.63, 3.8) is 0 Å². The Kier molecular flexibility index (Phi) is 6.75. The topological polar surface area (TPSA) is 84.3 Å². The fraction of sp³-hybridized carbons (Fsp3) is 0.0741. The molecule has 0 saturated carbocycles. The molecule has 0 aliphatic heterocycles. The minimum Gasteiger partial charge on any atom is -0.375 e. The molecule has 164 valence electrons. The van der Waals surface area contributed by atoms with E-state index in [2.05, 4.69) is 10.6 Å². The molecule has 4 aromatic carbocycles. The number of anilines is 1. The van der Waals surface area contributed by atoms with E-state index in [0.29, 0.717) is 12.2 Å². The highest BCUT2D eigenvalue weighted by atomic mass is 16.6. The molecule has 0 bridgehead atoms. The van der Waals surface area contributed by atoms with E-state index in [4.69, 9.17) is 0 Å². The van der Waals surface area contributed by atoms with E-state index in [1.54, 1.807) is 12.1 Å². The summed E-state index contributed by atoms with van der Waals surface area (Å²) in [6.07, 6.45) is 0. The van der Waals surface area contributed by atoms with E-state index in [1.165, 1.54) is 6.07 Å². The number of amides is 1. The van der Waals surface area contributed by atoms with Crippen LogP contribution >= 0.6 is 0 Å². The third-order valence-corrected chi connectivity index (χ3v) is 5.32. The number of carbonyl (C=O) groups excluding carboxylic acids is 1. The number of benzene rings is 4. The molecule has 4 aromatic rings. The molecule has 2 N–H and O–H groups in total. The molecule has 0 heterocycles. The van der Waals surface area contributed by atoms with Crippen molar-refractivity contribution in [3.05, 3.63) is 142 Å². The fourth-order valence-corrected chi connectivity index (χ4v) is 3.63. The standard InChI is InChI=1S/C27H23N3O3/c31-27(29-26(21-12-6-2-7-13-21)22-14-8-3-9-15-22)23-16-17-24(25(18-23)30(32)33)28-19-20-10-4-1-5-11-20/h1-18,26,28H,19H2,(H,29,31). The van der Waals surface area contributed by atoms with Crippen molar-refractivity contribution >= 4 is 17.3 Å². The van der Waals surface area contributed by atoms with Crippen molar-refractivity contribution in [3.8, 4) is 0 Å². The maximum absolute atomic E-state index is 13.1. The van der Waals surface area contributed by atoms with Crippen molar-refractivity contribution in [2.75, 3.05) is 5.32 Å². The number of carbonyl (C=O) groups is 1. The minimum atomic E-state index is -0.476. The van der Waals surface area contributed by atoms with E-state index in [1.807, 2.05) is 91.0 Å². The first-order chi connectivity index (χ1) is 16.1. The average Bonchev–Trinajstić information content (AvgIpc) is 2.87. The number of hydrogen-bond acceptors (Lipinski definition) is 4. The van der Waals surface area contributed by atoms with Crippen LogP contribution in [0.2, 0.25) is 0 Å². The highest BCUT2D eigenvalue weighted by Crippen LogP contribution is 2.27. The van der Waals surface area contributed by atoms with Crippen molar-refractivity contribution in [1.82, 2.24) is 5.32 Å². The average molecular weight is 437 g/mol. The minimum absolute atomic E-state index is 0.144. The van der Waals surface area contributed by atoms with E-state index >= 15 is 0 Å². The number of rotatable bonds is 8. The molecule has 0 aliphatic carbocycles. The quantitative estimate of drug-likeness (QED) is 0.272. The summed E-state index contributed by atoms with van der Waals surface area (Å²) in [5, 5.41) is 17.8. The van der Waals surface area contributed by atoms with Crippen molar-refractivity contribution in [2.24, 2.45) is 0 Å². The first kappa shape index (κ1) is 21.8. The molecule has 6 heteroatoms. The van der Waals surface area contributed by atoms with Gasteiger partial charge < -0.3 is 10.6 Å². The molecule has 0 aliphatic rings. The Balaban J connectivity index is 1.57. The number of nitro benzene ring substituents is 1. The summed E-state index contributed by atoms with van der Waals surface area (Å²) >= 11 is 0. The first-order valence-electron chi connectivity index (χ1n) is 10.6. The lowest BCUT2D eigenvalue weighted by molar-refractivity contribution is -0.384. The normalized spacial score (nSPS) is 10.6. The van der Waals surface area contributed by atoms with Crippen molar-refractivity contribution < 1.29 is 9.72 Å². The lowest BCUT2D eigenvalue weighted by Crippen LogP contribution is -2.29. The Hall–Kier alpha value is -4.45. The molecule has 0 fully saturated rings. The van der Waals surface area contributed by atoms with Gasteiger partial charge in [0.05, 0.1) is 11.0 Å². The molecular formula is C27H23N3O3. The second-order valence-corrected chi connectivity index (χ2v) is 7.56. The van der Waals surface area contributed by atoms with Crippen LogP contribution in [0.4, 0.5) is 11.4 Å². The largest absolute Gasteiger partial charge is 0.375 e. The van der Waals surface area contributed by atoms with Gasteiger partial charge in [-0.1, -0.05) is 91.0 Å². The summed E-state index contributed by atoms with van der Waals surface area (Å²) in [6, 6.07) is 33.0. The Bertz CT molecular complexity index is 1190. The van der Waals surface area contributed by atoms with Gasteiger partial charge in [-0.25, -0.2) is 0 Å². The molecule has 0 unspecified atom stereocenters. The highest BCUT2D eigenvalue weighted by molar-refractivity contribution is 5.96. The number of nitrogens with one attached hydrogen (secondary N) is 2. The predicted octanol–water partition coefficient (Wildman–Crippen LogP) is 5.73. The van der Waals surface area contributed by atoms with Crippen LogP contribution in [0.1, 0.15) is 33.1 Å². The molecular weight excluding hydrogens is 414 g/mol. The summed E-state index contributed by atoms with van der Waals surface area (Å²) in [5.74, 6) is -0.384. The van der Waals surface area contributed by atoms with Gasteiger partial charge in [0, 0.05) is 18.2 Å². The zero-order chi connectivity index (χ0) is 23.0. The summed E-state index contributed by atoms with van der Waals surface area (Å²) in [5.41, 5.74) is 3.30. The number of hydrogen-bond donors (Lipinski definition) is 2. The van der Waals surface area contributed by atoms with E-state index in [-0.39, 0.29) is 23.2 Å². The van der Waals surface area contributed by atoms with Gasteiger partial charge in [0.15, 0.2) is 0 Å². The van der Waals surface area contributed by atoms with E-state index in [0.717, 1.165) is 16.7 Å². The maximum atomic E-state index is 13.1. The molecule has 0 atom stereocenters. The van der Waals surface area contributed by atoms with Crippen molar-refractivity contribution in [1.29, 1.82) is 0 Å². The third-order valence-electron chi connectivity index (χ3n) is 5.32. The van der Waals surface area contributed by atoms with Crippen LogP contribution in [0, 0.1) is 10.1 Å². The lowest BCUT2D eigenvalue weighted by Gasteiger charge is -2.20. The Labute approximate surface area is 192 Å². The molecule has 0 radical (unpaired) electrons. The zero-order valence-electron chi connectivity index (χ0n) is 17.8. The first-order valence-corrected chi connectivity index (χ1v) is 10.6. The van der Waals surface area contributed by atoms with Crippen LogP contribution in [0.5, 0.6) is 0 Å². The second-order valence-electron chi connectivity index (χ2n) is 7.56. The van der Waals surface area contributed by atoms with Crippen LogP contribution < -0.4 is 10.6 Å².